The van der Waals surface area contributed by atoms with Crippen molar-refractivity contribution in [2.24, 2.45) is 0 Å². The van der Waals surface area contributed by atoms with Crippen LogP contribution < -0.4 is 10.1 Å². The first-order valence-electron chi connectivity index (χ1n) is 7.88. The van der Waals surface area contributed by atoms with Crippen molar-refractivity contribution < 1.29 is 4.74 Å². The summed E-state index contributed by atoms with van der Waals surface area (Å²) in [7, 11) is 2.26. The molecule has 1 saturated heterocycles. The summed E-state index contributed by atoms with van der Waals surface area (Å²) in [6, 6.07) is 7.30. The molecule has 0 saturated carbocycles. The maximum atomic E-state index is 5.78. The van der Waals surface area contributed by atoms with Gasteiger partial charge in [0, 0.05) is 30.3 Å². The highest BCUT2D eigenvalue weighted by atomic mass is 16.5. The lowest BCUT2D eigenvalue weighted by Gasteiger charge is -2.22. The minimum absolute atomic E-state index is 0.234. The lowest BCUT2D eigenvalue weighted by atomic mass is 9.93. The van der Waals surface area contributed by atoms with Crippen molar-refractivity contribution in [1.29, 1.82) is 0 Å². The zero-order chi connectivity index (χ0) is 14.1. The Bertz CT molecular complexity index is 472. The molecule has 0 amide bonds. The first-order chi connectivity index (χ1) is 9.63. The van der Waals surface area contributed by atoms with Gasteiger partial charge in [-0.3, -0.25) is 0 Å². The van der Waals surface area contributed by atoms with Crippen molar-refractivity contribution in [3.05, 3.63) is 23.8 Å². The van der Waals surface area contributed by atoms with Gasteiger partial charge in [-0.1, -0.05) is 6.07 Å². The molecule has 0 aromatic heterocycles. The van der Waals surface area contributed by atoms with Crippen molar-refractivity contribution in [2.75, 3.05) is 25.5 Å². The molecule has 2 aliphatic rings. The second-order valence-electron chi connectivity index (χ2n) is 6.51. The quantitative estimate of drug-likeness (QED) is 0.910. The highest BCUT2D eigenvalue weighted by Gasteiger charge is 2.29. The number of nitrogens with zero attached hydrogens (tertiary/aromatic N) is 1. The summed E-state index contributed by atoms with van der Waals surface area (Å²) in [5, 5.41) is 3.55. The predicted molar refractivity (Wildman–Crippen MR) is 83.7 cm³/mol. The molecule has 20 heavy (non-hydrogen) atoms. The number of rotatable bonds is 4. The standard InChI is InChI=1S/C17H26N2O/c1-12(2)20-15-6-7-16-13(11-18-17(16)10-15)9-14-5-4-8-19(14)3/h6-7,10,12-14,18H,4-5,8-9,11H2,1-3H3/t13-,14+/m0/s1. The molecule has 0 unspecified atom stereocenters. The van der Waals surface area contributed by atoms with E-state index in [1.807, 2.05) is 0 Å². The van der Waals surface area contributed by atoms with Gasteiger partial charge in [0.05, 0.1) is 6.10 Å². The Kier molecular flexibility index (Phi) is 3.88. The highest BCUT2D eigenvalue weighted by Crippen LogP contribution is 2.38. The minimum atomic E-state index is 0.234. The molecule has 0 spiro atoms. The van der Waals surface area contributed by atoms with Gasteiger partial charge in [-0.05, 0) is 58.3 Å². The van der Waals surface area contributed by atoms with E-state index in [4.69, 9.17) is 4.74 Å². The average Bonchev–Trinajstić information content (AvgIpc) is 2.97. The molecule has 110 valence electrons. The molecule has 2 atom stereocenters. The Morgan fingerprint density at radius 3 is 2.95 bits per heavy atom. The molecule has 0 bridgehead atoms. The zero-order valence-electron chi connectivity index (χ0n) is 12.9. The summed E-state index contributed by atoms with van der Waals surface area (Å²) in [6.07, 6.45) is 4.23. The number of hydrogen-bond donors (Lipinski definition) is 1. The van der Waals surface area contributed by atoms with Crippen LogP contribution >= 0.6 is 0 Å². The molecule has 0 aliphatic carbocycles. The fourth-order valence-electron chi connectivity index (χ4n) is 3.55. The monoisotopic (exact) mass is 274 g/mol. The van der Waals surface area contributed by atoms with Crippen LogP contribution in [0.1, 0.15) is 44.6 Å². The number of hydrogen-bond acceptors (Lipinski definition) is 3. The molecule has 3 nitrogen and oxygen atoms in total. The van der Waals surface area contributed by atoms with Crippen LogP contribution in [0.15, 0.2) is 18.2 Å². The Morgan fingerprint density at radius 1 is 1.40 bits per heavy atom. The lowest BCUT2D eigenvalue weighted by Crippen LogP contribution is -2.27. The van der Waals surface area contributed by atoms with Gasteiger partial charge in [0.25, 0.3) is 0 Å². The van der Waals surface area contributed by atoms with Crippen molar-refractivity contribution >= 4 is 5.69 Å². The van der Waals surface area contributed by atoms with Crippen LogP contribution in [0, 0.1) is 0 Å². The predicted octanol–water partition coefficient (Wildman–Crippen LogP) is 3.47. The Hall–Kier alpha value is -1.22. The Labute approximate surface area is 122 Å². The van der Waals surface area contributed by atoms with Gasteiger partial charge < -0.3 is 15.0 Å². The van der Waals surface area contributed by atoms with E-state index in [1.54, 1.807) is 0 Å². The van der Waals surface area contributed by atoms with Crippen molar-refractivity contribution in [1.82, 2.24) is 4.90 Å². The number of anilines is 1. The number of ether oxygens (including phenoxy) is 1. The third-order valence-electron chi connectivity index (χ3n) is 4.60. The maximum Gasteiger partial charge on any atom is 0.121 e. The maximum absolute atomic E-state index is 5.78. The van der Waals surface area contributed by atoms with E-state index >= 15 is 0 Å². The van der Waals surface area contributed by atoms with E-state index in [0.29, 0.717) is 5.92 Å². The van der Waals surface area contributed by atoms with Crippen molar-refractivity contribution in [3.63, 3.8) is 0 Å². The van der Waals surface area contributed by atoms with Crippen LogP contribution in [0.5, 0.6) is 5.75 Å². The summed E-state index contributed by atoms with van der Waals surface area (Å²) < 4.78 is 5.78. The van der Waals surface area contributed by atoms with Gasteiger partial charge in [0.15, 0.2) is 0 Å². The highest BCUT2D eigenvalue weighted by molar-refractivity contribution is 5.60. The van der Waals surface area contributed by atoms with Gasteiger partial charge in [0.1, 0.15) is 5.75 Å². The third-order valence-corrected chi connectivity index (χ3v) is 4.60. The van der Waals surface area contributed by atoms with Crippen LogP contribution in [0.3, 0.4) is 0 Å². The average molecular weight is 274 g/mol. The van der Waals surface area contributed by atoms with Crippen LogP contribution in [-0.2, 0) is 0 Å². The molecule has 2 aliphatic heterocycles. The zero-order valence-corrected chi connectivity index (χ0v) is 12.9. The van der Waals surface area contributed by atoms with Crippen LogP contribution in [0.2, 0.25) is 0 Å². The summed E-state index contributed by atoms with van der Waals surface area (Å²) in [5.41, 5.74) is 2.75. The first kappa shape index (κ1) is 13.7. The number of nitrogens with one attached hydrogen (secondary N) is 1. The van der Waals surface area contributed by atoms with Crippen LogP contribution in [0.4, 0.5) is 5.69 Å². The Balaban J connectivity index is 1.70. The molecule has 0 radical (unpaired) electrons. The van der Waals surface area contributed by atoms with E-state index in [2.05, 4.69) is 49.3 Å². The number of fused-ring (bicyclic) bond motifs is 1. The summed E-state index contributed by atoms with van der Waals surface area (Å²) in [4.78, 5) is 2.52. The van der Waals surface area contributed by atoms with Gasteiger partial charge in [0.2, 0.25) is 0 Å². The summed E-state index contributed by atoms with van der Waals surface area (Å²) in [5.74, 6) is 1.63. The smallest absolute Gasteiger partial charge is 0.121 e. The van der Waals surface area contributed by atoms with Gasteiger partial charge in [-0.2, -0.15) is 0 Å². The molecule has 1 N–H and O–H groups in total. The van der Waals surface area contributed by atoms with E-state index in [1.165, 1.54) is 37.1 Å². The molecular formula is C17H26N2O. The lowest BCUT2D eigenvalue weighted by molar-refractivity contribution is 0.242. The second-order valence-corrected chi connectivity index (χ2v) is 6.51. The minimum Gasteiger partial charge on any atom is -0.491 e. The fraction of sp³-hybridized carbons (Fsp3) is 0.647. The van der Waals surface area contributed by atoms with Gasteiger partial charge in [-0.25, -0.2) is 0 Å². The van der Waals surface area contributed by atoms with Crippen molar-refractivity contribution in [2.45, 2.75) is 51.2 Å². The number of likely N-dealkylation sites (tertiary alicyclic amines) is 1. The van der Waals surface area contributed by atoms with E-state index in [0.717, 1.165) is 18.3 Å². The molecule has 1 fully saturated rings. The largest absolute Gasteiger partial charge is 0.491 e. The molecular weight excluding hydrogens is 248 g/mol. The van der Waals surface area contributed by atoms with E-state index in [-0.39, 0.29) is 6.10 Å². The topological polar surface area (TPSA) is 24.5 Å². The van der Waals surface area contributed by atoms with Crippen LogP contribution in [-0.4, -0.2) is 37.2 Å². The SMILES string of the molecule is CC(C)Oc1ccc2c(c1)NC[C@@H]2C[C@H]1CCCN1C. The summed E-state index contributed by atoms with van der Waals surface area (Å²) >= 11 is 0. The van der Waals surface area contributed by atoms with Gasteiger partial charge >= 0.3 is 0 Å². The van der Waals surface area contributed by atoms with Crippen LogP contribution in [0.25, 0.3) is 0 Å². The fourth-order valence-corrected chi connectivity index (χ4v) is 3.55. The molecule has 3 rings (SSSR count). The normalized spacial score (nSPS) is 25.8. The summed E-state index contributed by atoms with van der Waals surface area (Å²) in [6.45, 7) is 6.47. The first-order valence-corrected chi connectivity index (χ1v) is 7.88. The second kappa shape index (κ2) is 5.65. The Morgan fingerprint density at radius 2 is 2.25 bits per heavy atom. The number of benzene rings is 1. The molecule has 1 aromatic rings. The molecule has 2 heterocycles. The molecule has 3 heteroatoms. The van der Waals surface area contributed by atoms with E-state index < -0.39 is 0 Å². The van der Waals surface area contributed by atoms with Crippen molar-refractivity contribution in [3.8, 4) is 5.75 Å². The molecule has 1 aromatic carbocycles. The van der Waals surface area contributed by atoms with Gasteiger partial charge in [-0.15, -0.1) is 0 Å². The third kappa shape index (κ3) is 2.78. The van der Waals surface area contributed by atoms with E-state index in [9.17, 15) is 0 Å².